The van der Waals surface area contributed by atoms with Crippen molar-refractivity contribution in [2.45, 2.75) is 52.0 Å². The highest BCUT2D eigenvalue weighted by Gasteiger charge is 2.03. The number of hydrogen-bond donors (Lipinski definition) is 1. The molecule has 1 N–H and O–H groups in total. The minimum atomic E-state index is -2.78. The van der Waals surface area contributed by atoms with E-state index >= 15 is 0 Å². The molecule has 0 aliphatic heterocycles. The van der Waals surface area contributed by atoms with Crippen LogP contribution in [-0.4, -0.2) is 33.0 Å². The zero-order chi connectivity index (χ0) is 11.7. The van der Waals surface area contributed by atoms with Crippen LogP contribution in [0.1, 0.15) is 46.0 Å². The van der Waals surface area contributed by atoms with E-state index in [-0.39, 0.29) is 0 Å². The maximum Gasteiger partial charge on any atom is 0.147 e. The van der Waals surface area contributed by atoms with Gasteiger partial charge in [-0.3, -0.25) is 0 Å². The predicted octanol–water partition coefficient (Wildman–Crippen LogP) is 1.98. The van der Waals surface area contributed by atoms with Crippen LogP contribution < -0.4 is 5.32 Å². The fourth-order valence-electron chi connectivity index (χ4n) is 1.49. The molecule has 0 heterocycles. The van der Waals surface area contributed by atoms with Gasteiger partial charge in [0.1, 0.15) is 9.84 Å². The number of sulfone groups is 1. The number of unbranched alkanes of at least 4 members (excludes halogenated alkanes) is 2. The van der Waals surface area contributed by atoms with Crippen LogP contribution in [0.25, 0.3) is 0 Å². The summed E-state index contributed by atoms with van der Waals surface area (Å²) in [5, 5.41) is 3.35. The molecule has 3 nitrogen and oxygen atoms in total. The van der Waals surface area contributed by atoms with Crippen LogP contribution in [0.5, 0.6) is 0 Å². The lowest BCUT2D eigenvalue weighted by atomic mass is 10.1. The molecule has 0 rings (SSSR count). The van der Waals surface area contributed by atoms with Crippen LogP contribution in [0.2, 0.25) is 0 Å². The second-order valence-electron chi connectivity index (χ2n) is 4.33. The van der Waals surface area contributed by atoms with Crippen LogP contribution in [-0.2, 0) is 9.84 Å². The van der Waals surface area contributed by atoms with Crippen molar-refractivity contribution >= 4 is 9.84 Å². The summed E-state index contributed by atoms with van der Waals surface area (Å²) >= 11 is 0. The van der Waals surface area contributed by atoms with Gasteiger partial charge in [0.05, 0.1) is 5.75 Å². The molecule has 0 aromatic carbocycles. The number of hydrogen-bond acceptors (Lipinski definition) is 3. The highest BCUT2D eigenvalue weighted by Crippen LogP contribution is 2.02. The fourth-order valence-corrected chi connectivity index (χ4v) is 2.15. The van der Waals surface area contributed by atoms with Crippen LogP contribution in [0, 0.1) is 0 Å². The molecule has 0 bridgehead atoms. The quantitative estimate of drug-likeness (QED) is 0.622. The van der Waals surface area contributed by atoms with Gasteiger partial charge in [-0.25, -0.2) is 8.42 Å². The molecule has 0 radical (unpaired) electrons. The molecule has 0 saturated carbocycles. The first kappa shape index (κ1) is 14.9. The highest BCUT2D eigenvalue weighted by atomic mass is 32.2. The lowest BCUT2D eigenvalue weighted by Crippen LogP contribution is -2.28. The van der Waals surface area contributed by atoms with E-state index in [1.54, 1.807) is 0 Å². The molecule has 0 spiro atoms. The second-order valence-corrected chi connectivity index (χ2v) is 6.59. The van der Waals surface area contributed by atoms with E-state index in [1.807, 2.05) is 0 Å². The monoisotopic (exact) mass is 235 g/mol. The standard InChI is InChI=1S/C11H25NO2S/c1-4-5-6-8-11(2)12-9-7-10-15(3,13)14/h11-12H,4-10H2,1-3H3. The van der Waals surface area contributed by atoms with Crippen molar-refractivity contribution in [2.24, 2.45) is 0 Å². The molecule has 4 heteroatoms. The van der Waals surface area contributed by atoms with Crippen LogP contribution in [0.3, 0.4) is 0 Å². The number of nitrogens with one attached hydrogen (secondary N) is 1. The summed E-state index contributed by atoms with van der Waals surface area (Å²) in [7, 11) is -2.78. The van der Waals surface area contributed by atoms with Crippen molar-refractivity contribution in [1.82, 2.24) is 5.32 Å². The van der Waals surface area contributed by atoms with E-state index in [0.717, 1.165) is 13.0 Å². The Kier molecular flexibility index (Phi) is 8.06. The molecule has 0 aromatic heterocycles. The molecule has 15 heavy (non-hydrogen) atoms. The highest BCUT2D eigenvalue weighted by molar-refractivity contribution is 7.90. The molecule has 0 aliphatic rings. The summed E-state index contributed by atoms with van der Waals surface area (Å²) in [5.41, 5.74) is 0. The van der Waals surface area contributed by atoms with Gasteiger partial charge < -0.3 is 5.32 Å². The summed E-state index contributed by atoms with van der Waals surface area (Å²) in [6, 6.07) is 0.510. The Morgan fingerprint density at radius 2 is 1.87 bits per heavy atom. The summed E-state index contributed by atoms with van der Waals surface area (Å²) in [5.74, 6) is 0.293. The van der Waals surface area contributed by atoms with Gasteiger partial charge in [0.25, 0.3) is 0 Å². The first-order chi connectivity index (χ1) is 6.95. The van der Waals surface area contributed by atoms with Gasteiger partial charge in [-0.2, -0.15) is 0 Å². The SMILES string of the molecule is CCCCCC(C)NCCCS(C)(=O)=O. The summed E-state index contributed by atoms with van der Waals surface area (Å²) in [6.45, 7) is 5.17. The van der Waals surface area contributed by atoms with E-state index in [1.165, 1.54) is 31.9 Å². The Balaban J connectivity index is 3.35. The molecule has 0 fully saturated rings. The Hall–Kier alpha value is -0.0900. The van der Waals surface area contributed by atoms with Crippen molar-refractivity contribution in [3.8, 4) is 0 Å². The Labute approximate surface area is 94.6 Å². The third kappa shape index (κ3) is 11.8. The lowest BCUT2D eigenvalue weighted by molar-refractivity contribution is 0.487. The topological polar surface area (TPSA) is 46.2 Å². The van der Waals surface area contributed by atoms with Gasteiger partial charge in [0.2, 0.25) is 0 Å². The van der Waals surface area contributed by atoms with Crippen molar-refractivity contribution in [3.05, 3.63) is 0 Å². The van der Waals surface area contributed by atoms with Crippen LogP contribution in [0.15, 0.2) is 0 Å². The first-order valence-corrected chi connectivity index (χ1v) is 7.93. The van der Waals surface area contributed by atoms with Gasteiger partial charge in [-0.15, -0.1) is 0 Å². The Bertz CT molecular complexity index is 237. The summed E-state index contributed by atoms with van der Waals surface area (Å²) in [4.78, 5) is 0. The Morgan fingerprint density at radius 1 is 1.20 bits per heavy atom. The van der Waals surface area contributed by atoms with E-state index in [9.17, 15) is 8.42 Å². The van der Waals surface area contributed by atoms with Crippen LogP contribution in [0.4, 0.5) is 0 Å². The smallest absolute Gasteiger partial charge is 0.147 e. The van der Waals surface area contributed by atoms with Crippen LogP contribution >= 0.6 is 0 Å². The maximum atomic E-state index is 10.9. The fraction of sp³-hybridized carbons (Fsp3) is 1.00. The lowest BCUT2D eigenvalue weighted by Gasteiger charge is -2.12. The largest absolute Gasteiger partial charge is 0.314 e. The minimum Gasteiger partial charge on any atom is -0.314 e. The molecule has 0 saturated heterocycles. The van der Waals surface area contributed by atoms with Crippen molar-refractivity contribution in [2.75, 3.05) is 18.6 Å². The third-order valence-corrected chi connectivity index (χ3v) is 3.46. The summed E-state index contributed by atoms with van der Waals surface area (Å²) < 4.78 is 21.7. The van der Waals surface area contributed by atoms with Crippen molar-refractivity contribution in [3.63, 3.8) is 0 Å². The number of rotatable bonds is 9. The normalized spacial score (nSPS) is 14.1. The molecule has 92 valence electrons. The average Bonchev–Trinajstić information content (AvgIpc) is 2.11. The third-order valence-electron chi connectivity index (χ3n) is 2.43. The maximum absolute atomic E-state index is 10.9. The summed E-state index contributed by atoms with van der Waals surface area (Å²) in [6.07, 6.45) is 6.99. The van der Waals surface area contributed by atoms with E-state index in [0.29, 0.717) is 11.8 Å². The average molecular weight is 235 g/mol. The zero-order valence-corrected chi connectivity index (χ0v) is 11.1. The van der Waals surface area contributed by atoms with E-state index in [2.05, 4.69) is 19.2 Å². The van der Waals surface area contributed by atoms with Gasteiger partial charge in [0, 0.05) is 12.3 Å². The Morgan fingerprint density at radius 3 is 2.40 bits per heavy atom. The van der Waals surface area contributed by atoms with Gasteiger partial charge in [-0.05, 0) is 26.3 Å². The molecule has 1 unspecified atom stereocenters. The van der Waals surface area contributed by atoms with E-state index in [4.69, 9.17) is 0 Å². The second kappa shape index (κ2) is 8.11. The van der Waals surface area contributed by atoms with Gasteiger partial charge in [-0.1, -0.05) is 26.2 Å². The molecular weight excluding hydrogens is 210 g/mol. The predicted molar refractivity (Wildman–Crippen MR) is 65.9 cm³/mol. The van der Waals surface area contributed by atoms with Crippen molar-refractivity contribution in [1.29, 1.82) is 0 Å². The molecule has 0 aliphatic carbocycles. The molecule has 1 atom stereocenters. The van der Waals surface area contributed by atoms with E-state index < -0.39 is 9.84 Å². The van der Waals surface area contributed by atoms with Gasteiger partial charge in [0.15, 0.2) is 0 Å². The minimum absolute atomic E-state index is 0.293. The molecule has 0 aromatic rings. The van der Waals surface area contributed by atoms with Crippen molar-refractivity contribution < 1.29 is 8.42 Å². The zero-order valence-electron chi connectivity index (χ0n) is 10.3. The molecular formula is C11H25NO2S. The van der Waals surface area contributed by atoms with Gasteiger partial charge >= 0.3 is 0 Å². The first-order valence-electron chi connectivity index (χ1n) is 5.87. The molecule has 0 amide bonds.